The summed E-state index contributed by atoms with van der Waals surface area (Å²) >= 11 is 0. The van der Waals surface area contributed by atoms with Crippen LogP contribution in [0.5, 0.6) is 0 Å². The number of amides is 1. The second-order valence-corrected chi connectivity index (χ2v) is 25.0. The fourth-order valence-electron chi connectivity index (χ4n) is 11.7. The van der Waals surface area contributed by atoms with Crippen LogP contribution in [-0.2, 0) is 23.7 Å². The van der Waals surface area contributed by atoms with Crippen LogP contribution >= 0.6 is 0 Å². The normalized spacial score (nSPS) is 23.8. The number of carbonyl (C=O) groups excluding carboxylic acids is 1. The first-order valence-corrected chi connectivity index (χ1v) is 35.2. The molecule has 0 aromatic heterocycles. The van der Waals surface area contributed by atoms with Crippen molar-refractivity contribution in [1.82, 2.24) is 5.32 Å². The van der Waals surface area contributed by atoms with Crippen LogP contribution < -0.4 is 5.32 Å². The lowest BCUT2D eigenvalue weighted by molar-refractivity contribution is -0.359. The van der Waals surface area contributed by atoms with Gasteiger partial charge in [-0.3, -0.25) is 4.79 Å². The highest BCUT2D eigenvalue weighted by Gasteiger charge is 2.51. The van der Waals surface area contributed by atoms with Crippen molar-refractivity contribution in [3.63, 3.8) is 0 Å². The van der Waals surface area contributed by atoms with E-state index in [0.29, 0.717) is 19.3 Å². The molecule has 12 unspecified atom stereocenters. The average molecular weight is 1190 g/mol. The Morgan fingerprint density at radius 2 is 0.786 bits per heavy atom. The summed E-state index contributed by atoms with van der Waals surface area (Å²) in [6, 6.07) is -0.838. The zero-order chi connectivity index (χ0) is 60.9. The summed E-state index contributed by atoms with van der Waals surface area (Å²) in [5.74, 6) is -0.215. The average Bonchev–Trinajstić information content (AvgIpc) is 3.18. The van der Waals surface area contributed by atoms with Gasteiger partial charge in [-0.15, -0.1) is 0 Å². The van der Waals surface area contributed by atoms with Crippen LogP contribution in [0.15, 0.2) is 36.5 Å². The summed E-state index contributed by atoms with van der Waals surface area (Å²) in [6.07, 6.45) is 53.0. The maximum Gasteiger partial charge on any atom is 0.220 e. The fourth-order valence-corrected chi connectivity index (χ4v) is 11.7. The summed E-state index contributed by atoms with van der Waals surface area (Å²) in [4.78, 5) is 13.3. The Kier molecular flexibility index (Phi) is 51.5. The highest BCUT2D eigenvalue weighted by atomic mass is 16.7. The van der Waals surface area contributed by atoms with E-state index < -0.39 is 86.8 Å². The summed E-state index contributed by atoms with van der Waals surface area (Å²) in [5.41, 5.74) is 0. The molecule has 0 aromatic rings. The van der Waals surface area contributed by atoms with Crippen molar-refractivity contribution >= 4 is 5.91 Å². The molecule has 0 aromatic carbocycles. The van der Waals surface area contributed by atoms with Crippen molar-refractivity contribution in [1.29, 1.82) is 0 Å². The number of allylic oxidation sites excluding steroid dienone is 6. The molecule has 2 fully saturated rings. The molecule has 2 aliphatic rings. The van der Waals surface area contributed by atoms with E-state index >= 15 is 0 Å². The van der Waals surface area contributed by atoms with Crippen molar-refractivity contribution in [3.8, 4) is 0 Å². The number of aliphatic hydroxyl groups is 8. The summed E-state index contributed by atoms with van der Waals surface area (Å²) in [6.45, 7) is 2.88. The maximum absolute atomic E-state index is 13.3. The van der Waals surface area contributed by atoms with Gasteiger partial charge in [-0.25, -0.2) is 0 Å². The second-order valence-electron chi connectivity index (χ2n) is 25.0. The molecule has 0 bridgehead atoms. The summed E-state index contributed by atoms with van der Waals surface area (Å²) in [5, 5.41) is 87.6. The molecule has 0 radical (unpaired) electrons. The van der Waals surface area contributed by atoms with Gasteiger partial charge in [0.15, 0.2) is 12.6 Å². The van der Waals surface area contributed by atoms with E-state index in [9.17, 15) is 45.6 Å². The van der Waals surface area contributed by atoms with E-state index in [-0.39, 0.29) is 12.5 Å². The zero-order valence-corrected chi connectivity index (χ0v) is 53.7. The standard InChI is InChI=1S/C70H131NO13/c1-3-5-7-9-11-13-15-17-19-21-23-25-26-27-28-29-30-31-32-34-35-37-39-41-43-45-47-49-51-53-59(74)58(57-81-69-67(80)65(78)68(61(56-73)83-69)84-70-66(79)64(77)63(76)60(55-72)82-70)71-62(75)54-52-50-48-46-44-42-40-38-36-33-24-22-20-18-16-14-12-10-8-6-4-2/h16,18,22,24,36,38,58-61,63-70,72-74,76-80H,3-15,17,19-21,23,25-35,37,39-57H2,1-2H3,(H,71,75)/b18-16-,24-22-,38-36-. The van der Waals surface area contributed by atoms with Crippen LogP contribution in [0.3, 0.4) is 0 Å². The van der Waals surface area contributed by atoms with Crippen LogP contribution in [0, 0.1) is 0 Å². The third-order valence-electron chi connectivity index (χ3n) is 17.4. The number of nitrogens with one attached hydrogen (secondary N) is 1. The van der Waals surface area contributed by atoms with Crippen molar-refractivity contribution in [3.05, 3.63) is 36.5 Å². The smallest absolute Gasteiger partial charge is 0.220 e. The highest BCUT2D eigenvalue weighted by Crippen LogP contribution is 2.30. The van der Waals surface area contributed by atoms with Crippen LogP contribution in [0.4, 0.5) is 0 Å². The predicted molar refractivity (Wildman–Crippen MR) is 341 cm³/mol. The van der Waals surface area contributed by atoms with Gasteiger partial charge in [0, 0.05) is 6.42 Å². The molecule has 2 rings (SSSR count). The Hall–Kier alpha value is -1.79. The third-order valence-corrected chi connectivity index (χ3v) is 17.4. The van der Waals surface area contributed by atoms with Crippen molar-refractivity contribution in [2.75, 3.05) is 19.8 Å². The topological polar surface area (TPSA) is 228 Å². The van der Waals surface area contributed by atoms with Gasteiger partial charge in [0.25, 0.3) is 0 Å². The summed E-state index contributed by atoms with van der Waals surface area (Å²) < 4.78 is 22.9. The molecule has 0 spiro atoms. The SMILES string of the molecule is CCCCCCC/C=C\C/C=C\C/C=C\CCCCCCCCC(=O)NC(COC1OC(CO)C(OC2OC(CO)C(O)C(O)C2O)C(O)C1O)C(O)CCCCCCCCCCCCCCCCCCCCCCCCCCCCCCC. The Morgan fingerprint density at radius 3 is 1.20 bits per heavy atom. The van der Waals surface area contributed by atoms with Crippen LogP contribution in [0.2, 0.25) is 0 Å². The third kappa shape index (κ3) is 39.3. The van der Waals surface area contributed by atoms with Gasteiger partial charge in [-0.05, 0) is 51.4 Å². The molecular formula is C70H131NO13. The number of hydrogen-bond donors (Lipinski definition) is 9. The molecule has 12 atom stereocenters. The zero-order valence-electron chi connectivity index (χ0n) is 53.7. The molecule has 1 amide bonds. The van der Waals surface area contributed by atoms with E-state index in [2.05, 4.69) is 55.6 Å². The van der Waals surface area contributed by atoms with Gasteiger partial charge in [-0.1, -0.05) is 288 Å². The Morgan fingerprint density at radius 1 is 0.429 bits per heavy atom. The minimum atomic E-state index is -1.79. The highest BCUT2D eigenvalue weighted by molar-refractivity contribution is 5.76. The van der Waals surface area contributed by atoms with Crippen molar-refractivity contribution in [2.45, 2.75) is 383 Å². The van der Waals surface area contributed by atoms with Gasteiger partial charge in [0.1, 0.15) is 48.8 Å². The van der Waals surface area contributed by atoms with Crippen LogP contribution in [0.25, 0.3) is 0 Å². The van der Waals surface area contributed by atoms with Gasteiger partial charge in [0.05, 0.1) is 32.0 Å². The molecule has 494 valence electrons. The summed E-state index contributed by atoms with van der Waals surface area (Å²) in [7, 11) is 0. The molecule has 2 aliphatic heterocycles. The first kappa shape index (κ1) is 78.3. The molecule has 2 saturated heterocycles. The molecular weight excluding hydrogens is 1060 g/mol. The maximum atomic E-state index is 13.3. The Bertz CT molecular complexity index is 1550. The number of unbranched alkanes of at least 4 members (excludes halogenated alkanes) is 39. The minimum absolute atomic E-state index is 0.215. The first-order chi connectivity index (χ1) is 41.1. The molecule has 0 aliphatic carbocycles. The molecule has 2 heterocycles. The molecule has 14 heteroatoms. The molecule has 9 N–H and O–H groups in total. The van der Waals surface area contributed by atoms with Crippen molar-refractivity contribution < 1.29 is 64.6 Å². The number of carbonyl (C=O) groups is 1. The van der Waals surface area contributed by atoms with E-state index in [1.54, 1.807) is 0 Å². The molecule has 0 saturated carbocycles. The Labute approximate surface area is 512 Å². The molecule has 84 heavy (non-hydrogen) atoms. The fraction of sp³-hybridized carbons (Fsp3) is 0.900. The van der Waals surface area contributed by atoms with Crippen LogP contribution in [-0.4, -0.2) is 140 Å². The number of rotatable bonds is 58. The lowest BCUT2D eigenvalue weighted by Crippen LogP contribution is -2.65. The van der Waals surface area contributed by atoms with Gasteiger partial charge in [0.2, 0.25) is 5.91 Å². The predicted octanol–water partition coefficient (Wildman–Crippen LogP) is 14.1. The number of ether oxygens (including phenoxy) is 4. The minimum Gasteiger partial charge on any atom is -0.394 e. The van der Waals surface area contributed by atoms with Crippen molar-refractivity contribution in [2.24, 2.45) is 0 Å². The first-order valence-electron chi connectivity index (χ1n) is 35.2. The van der Waals surface area contributed by atoms with E-state index in [4.69, 9.17) is 18.9 Å². The quantitative estimate of drug-likeness (QED) is 0.0204. The van der Waals surface area contributed by atoms with Gasteiger partial charge < -0.3 is 65.1 Å². The van der Waals surface area contributed by atoms with E-state index in [1.807, 2.05) is 0 Å². The lowest BCUT2D eigenvalue weighted by Gasteiger charge is -2.46. The second kappa shape index (κ2) is 55.3. The van der Waals surface area contributed by atoms with Gasteiger partial charge in [-0.2, -0.15) is 0 Å². The van der Waals surface area contributed by atoms with Gasteiger partial charge >= 0.3 is 0 Å². The van der Waals surface area contributed by atoms with E-state index in [0.717, 1.165) is 77.0 Å². The number of aliphatic hydroxyl groups excluding tert-OH is 8. The lowest BCUT2D eigenvalue weighted by atomic mass is 9.97. The Balaban J connectivity index is 1.67. The molecule has 14 nitrogen and oxygen atoms in total. The largest absolute Gasteiger partial charge is 0.394 e. The monoisotopic (exact) mass is 1190 g/mol. The van der Waals surface area contributed by atoms with E-state index in [1.165, 1.54) is 199 Å². The number of hydrogen-bond acceptors (Lipinski definition) is 13. The van der Waals surface area contributed by atoms with Crippen LogP contribution in [0.1, 0.15) is 309 Å².